The summed E-state index contributed by atoms with van der Waals surface area (Å²) < 4.78 is 11.1. The third-order valence-corrected chi connectivity index (χ3v) is 6.12. The molecule has 0 saturated carbocycles. The van der Waals surface area contributed by atoms with Crippen LogP contribution < -0.4 is 15.4 Å². The monoisotopic (exact) mass is 511 g/mol. The van der Waals surface area contributed by atoms with Crippen molar-refractivity contribution < 1.29 is 23.9 Å². The smallest absolute Gasteiger partial charge is 0.308 e. The fraction of sp³-hybridized carbons (Fsp3) is 0.407. The van der Waals surface area contributed by atoms with Gasteiger partial charge in [-0.05, 0) is 42.4 Å². The number of hydrogen-bond donors (Lipinski definition) is 2. The van der Waals surface area contributed by atoms with Gasteiger partial charge >= 0.3 is 5.97 Å². The summed E-state index contributed by atoms with van der Waals surface area (Å²) in [5.74, 6) is -0.629. The van der Waals surface area contributed by atoms with Crippen LogP contribution in [0.3, 0.4) is 0 Å². The first-order chi connectivity index (χ1) is 17.5. The first-order valence-corrected chi connectivity index (χ1v) is 12.7. The number of esters is 1. The zero-order valence-electron chi connectivity index (χ0n) is 20.5. The minimum absolute atomic E-state index is 0.0917. The molecule has 1 aliphatic rings. The summed E-state index contributed by atoms with van der Waals surface area (Å²) in [7, 11) is 0. The van der Waals surface area contributed by atoms with Crippen molar-refractivity contribution in [2.45, 2.75) is 45.1 Å². The van der Waals surface area contributed by atoms with Gasteiger partial charge in [-0.25, -0.2) is 0 Å². The number of thiocarbonyl (C=S) groups is 1. The van der Waals surface area contributed by atoms with Crippen molar-refractivity contribution in [2.24, 2.45) is 0 Å². The molecule has 2 aromatic carbocycles. The van der Waals surface area contributed by atoms with Crippen LogP contribution in [0.2, 0.25) is 0 Å². The predicted octanol–water partition coefficient (Wildman–Crippen LogP) is 3.25. The van der Waals surface area contributed by atoms with E-state index in [-0.39, 0.29) is 17.4 Å². The van der Waals surface area contributed by atoms with Crippen molar-refractivity contribution in [3.8, 4) is 5.75 Å². The largest absolute Gasteiger partial charge is 0.493 e. The normalized spacial score (nSPS) is 15.1. The van der Waals surface area contributed by atoms with E-state index in [9.17, 15) is 14.4 Å². The maximum absolute atomic E-state index is 12.9. The summed E-state index contributed by atoms with van der Waals surface area (Å²) in [5.41, 5.74) is 1.55. The predicted molar refractivity (Wildman–Crippen MR) is 141 cm³/mol. The zero-order valence-corrected chi connectivity index (χ0v) is 21.4. The first kappa shape index (κ1) is 27.1. The lowest BCUT2D eigenvalue weighted by Gasteiger charge is -2.36. The lowest BCUT2D eigenvalue weighted by Crippen LogP contribution is -2.60. The second-order valence-corrected chi connectivity index (χ2v) is 8.89. The second kappa shape index (κ2) is 14.2. The number of rotatable bonds is 11. The molecule has 0 bridgehead atoms. The molecule has 2 N–H and O–H groups in total. The third-order valence-electron chi connectivity index (χ3n) is 5.78. The number of unbranched alkanes of at least 4 members (excludes halogenated alkanes) is 2. The fourth-order valence-electron chi connectivity index (χ4n) is 3.82. The minimum atomic E-state index is -0.835. The van der Waals surface area contributed by atoms with Gasteiger partial charge in [-0.15, -0.1) is 0 Å². The van der Waals surface area contributed by atoms with Crippen LogP contribution in [0.4, 0.5) is 0 Å². The van der Waals surface area contributed by atoms with Gasteiger partial charge in [-0.1, -0.05) is 56.2 Å². The molecule has 1 saturated heterocycles. The Balaban J connectivity index is 1.55. The van der Waals surface area contributed by atoms with E-state index >= 15 is 0 Å². The van der Waals surface area contributed by atoms with Crippen LogP contribution in [0.1, 0.15) is 48.5 Å². The molecule has 1 aliphatic heterocycles. The molecule has 192 valence electrons. The molecule has 1 heterocycles. The Morgan fingerprint density at radius 1 is 1.11 bits per heavy atom. The molecule has 9 heteroatoms. The van der Waals surface area contributed by atoms with Crippen LogP contribution >= 0.6 is 12.2 Å². The third kappa shape index (κ3) is 8.34. The van der Waals surface area contributed by atoms with Gasteiger partial charge in [0.15, 0.2) is 5.11 Å². The quantitative estimate of drug-likeness (QED) is 0.272. The fourth-order valence-corrected chi connectivity index (χ4v) is 4.13. The number of carbonyl (C=O) groups excluding carboxylic acids is 3. The SMILES string of the molecule is CCCCCOC(=O)CC1C(=O)NCCN1C(=S)NC(=O)c1cccc(OCCc2ccccc2)c1. The van der Waals surface area contributed by atoms with E-state index in [1.807, 2.05) is 30.3 Å². The Kier molecular flexibility index (Phi) is 10.7. The molecule has 8 nitrogen and oxygen atoms in total. The Hall–Kier alpha value is -3.46. The molecule has 36 heavy (non-hydrogen) atoms. The van der Waals surface area contributed by atoms with Crippen molar-refractivity contribution >= 4 is 35.1 Å². The number of amides is 2. The molecule has 0 spiro atoms. The highest BCUT2D eigenvalue weighted by atomic mass is 32.1. The number of carbonyl (C=O) groups is 3. The Bertz CT molecular complexity index is 1050. The molecule has 1 unspecified atom stereocenters. The lowest BCUT2D eigenvalue weighted by molar-refractivity contribution is -0.147. The summed E-state index contributed by atoms with van der Waals surface area (Å²) in [6.45, 7) is 3.61. The average molecular weight is 512 g/mol. The first-order valence-electron chi connectivity index (χ1n) is 12.3. The van der Waals surface area contributed by atoms with E-state index in [1.165, 1.54) is 5.56 Å². The molecular formula is C27H33N3O5S. The molecular weight excluding hydrogens is 478 g/mol. The number of hydrogen-bond acceptors (Lipinski definition) is 6. The topological polar surface area (TPSA) is 97.0 Å². The van der Waals surface area contributed by atoms with Gasteiger partial charge in [0, 0.05) is 25.1 Å². The highest BCUT2D eigenvalue weighted by molar-refractivity contribution is 7.80. The van der Waals surface area contributed by atoms with Crippen LogP contribution in [-0.2, 0) is 20.7 Å². The van der Waals surface area contributed by atoms with E-state index < -0.39 is 17.9 Å². The van der Waals surface area contributed by atoms with Crippen molar-refractivity contribution in [2.75, 3.05) is 26.3 Å². The van der Waals surface area contributed by atoms with Crippen molar-refractivity contribution in [3.63, 3.8) is 0 Å². The number of piperazine rings is 1. The molecule has 2 amide bonds. The van der Waals surface area contributed by atoms with Gasteiger partial charge in [-0.2, -0.15) is 0 Å². The van der Waals surface area contributed by atoms with Gasteiger partial charge in [0.25, 0.3) is 5.91 Å². The van der Waals surface area contributed by atoms with Crippen LogP contribution in [0.25, 0.3) is 0 Å². The Labute approximate surface area is 217 Å². The summed E-state index contributed by atoms with van der Waals surface area (Å²) in [4.78, 5) is 39.2. The van der Waals surface area contributed by atoms with Gasteiger partial charge in [0.2, 0.25) is 5.91 Å². The second-order valence-electron chi connectivity index (χ2n) is 8.50. The molecule has 1 fully saturated rings. The molecule has 1 atom stereocenters. The zero-order chi connectivity index (χ0) is 25.8. The van der Waals surface area contributed by atoms with Crippen molar-refractivity contribution in [1.82, 2.24) is 15.5 Å². The van der Waals surface area contributed by atoms with Crippen LogP contribution in [0.15, 0.2) is 54.6 Å². The van der Waals surface area contributed by atoms with Crippen molar-refractivity contribution in [3.05, 3.63) is 65.7 Å². The summed E-state index contributed by atoms with van der Waals surface area (Å²) in [6, 6.07) is 16.0. The maximum Gasteiger partial charge on any atom is 0.308 e. The van der Waals surface area contributed by atoms with E-state index in [0.717, 1.165) is 25.7 Å². The summed E-state index contributed by atoms with van der Waals surface area (Å²) in [6.07, 6.45) is 3.39. The Morgan fingerprint density at radius 2 is 1.92 bits per heavy atom. The van der Waals surface area contributed by atoms with E-state index in [0.29, 0.717) is 37.6 Å². The number of ether oxygens (including phenoxy) is 2. The van der Waals surface area contributed by atoms with Gasteiger partial charge in [-0.3, -0.25) is 19.7 Å². The molecule has 0 aromatic heterocycles. The Morgan fingerprint density at radius 3 is 2.69 bits per heavy atom. The number of nitrogens with zero attached hydrogens (tertiary/aromatic N) is 1. The highest BCUT2D eigenvalue weighted by Gasteiger charge is 2.34. The molecule has 0 radical (unpaired) electrons. The molecule has 2 aromatic rings. The number of benzene rings is 2. The van der Waals surface area contributed by atoms with E-state index in [4.69, 9.17) is 21.7 Å². The average Bonchev–Trinajstić information content (AvgIpc) is 2.88. The van der Waals surface area contributed by atoms with Crippen LogP contribution in [0, 0.1) is 0 Å². The van der Waals surface area contributed by atoms with Crippen LogP contribution in [-0.4, -0.2) is 60.1 Å². The summed E-state index contributed by atoms with van der Waals surface area (Å²) in [5, 5.41) is 5.53. The lowest BCUT2D eigenvalue weighted by atomic mass is 10.1. The standard InChI is InChI=1S/C27H33N3O5S/c1-2-3-7-16-35-24(31)19-23-26(33)28-14-15-30(23)27(36)29-25(32)21-11-8-12-22(18-21)34-17-13-20-9-5-4-6-10-20/h4-6,8-12,18,23H,2-3,7,13-17,19H2,1H3,(H,28,33)(H,29,32,36). The molecule has 3 rings (SSSR count). The summed E-state index contributed by atoms with van der Waals surface area (Å²) >= 11 is 5.44. The van der Waals surface area contributed by atoms with Crippen LogP contribution in [0.5, 0.6) is 5.75 Å². The maximum atomic E-state index is 12.9. The highest BCUT2D eigenvalue weighted by Crippen LogP contribution is 2.15. The van der Waals surface area contributed by atoms with Gasteiger partial charge < -0.3 is 19.7 Å². The van der Waals surface area contributed by atoms with Gasteiger partial charge in [0.05, 0.1) is 19.6 Å². The van der Waals surface area contributed by atoms with E-state index in [1.54, 1.807) is 29.2 Å². The minimum Gasteiger partial charge on any atom is -0.493 e. The van der Waals surface area contributed by atoms with E-state index in [2.05, 4.69) is 17.6 Å². The van der Waals surface area contributed by atoms with Gasteiger partial charge in [0.1, 0.15) is 11.8 Å². The number of nitrogens with one attached hydrogen (secondary N) is 2. The van der Waals surface area contributed by atoms with Crippen molar-refractivity contribution in [1.29, 1.82) is 0 Å². The molecule has 0 aliphatic carbocycles.